The summed E-state index contributed by atoms with van der Waals surface area (Å²) in [6.07, 6.45) is 0.475. The van der Waals surface area contributed by atoms with Gasteiger partial charge in [0.2, 0.25) is 0 Å². The summed E-state index contributed by atoms with van der Waals surface area (Å²) in [6.45, 7) is 0. The Bertz CT molecular complexity index is 594. The molecule has 0 aliphatic rings. The normalized spacial score (nSPS) is 10.8. The summed E-state index contributed by atoms with van der Waals surface area (Å²) < 4.78 is 6.29. The van der Waals surface area contributed by atoms with Crippen molar-refractivity contribution in [3.63, 3.8) is 0 Å². The summed E-state index contributed by atoms with van der Waals surface area (Å²) in [5.41, 5.74) is 1.15. The monoisotopic (exact) mass is 221 g/mol. The third-order valence-electron chi connectivity index (χ3n) is 2.47. The van der Waals surface area contributed by atoms with Crippen LogP contribution in [-0.2, 0) is 18.3 Å². The molecule has 16 heavy (non-hydrogen) atoms. The first-order valence-corrected chi connectivity index (χ1v) is 4.88. The van der Waals surface area contributed by atoms with Gasteiger partial charge in [-0.1, -0.05) is 6.07 Å². The number of fused-ring (bicyclic) bond motifs is 1. The molecule has 0 amide bonds. The predicted molar refractivity (Wildman–Crippen MR) is 57.4 cm³/mol. The van der Waals surface area contributed by atoms with Crippen molar-refractivity contribution < 1.29 is 14.4 Å². The molecule has 0 fully saturated rings. The Morgan fingerprint density at radius 3 is 2.94 bits per heavy atom. The van der Waals surface area contributed by atoms with Gasteiger partial charge in [0.15, 0.2) is 0 Å². The van der Waals surface area contributed by atoms with Crippen molar-refractivity contribution in [1.82, 2.24) is 4.74 Å². The summed E-state index contributed by atoms with van der Waals surface area (Å²) in [5.74, 6) is -0.847. The van der Waals surface area contributed by atoms with E-state index in [0.717, 1.165) is 5.56 Å². The van der Waals surface area contributed by atoms with E-state index in [1.165, 1.54) is 4.74 Å². The van der Waals surface area contributed by atoms with Crippen molar-refractivity contribution in [1.29, 1.82) is 0 Å². The van der Waals surface area contributed by atoms with Crippen molar-refractivity contribution in [2.45, 2.75) is 12.8 Å². The summed E-state index contributed by atoms with van der Waals surface area (Å²) >= 11 is 0. The lowest BCUT2D eigenvalue weighted by atomic mass is 10.1. The number of hydrogen-bond acceptors (Lipinski definition) is 3. The molecule has 2 rings (SSSR count). The van der Waals surface area contributed by atoms with Gasteiger partial charge < -0.3 is 9.63 Å². The number of nitrogens with zero attached hydrogens (tertiary/aromatic N) is 1. The smallest absolute Gasteiger partial charge is 0.365 e. The second-order valence-corrected chi connectivity index (χ2v) is 3.62. The average molecular weight is 221 g/mol. The molecule has 1 aromatic carbocycles. The molecule has 84 valence electrons. The maximum Gasteiger partial charge on any atom is 0.365 e. The number of aryl methyl sites for hydroxylation is 2. The van der Waals surface area contributed by atoms with Crippen molar-refractivity contribution in [3.05, 3.63) is 34.2 Å². The Hall–Kier alpha value is -2.04. The van der Waals surface area contributed by atoms with Crippen LogP contribution in [-0.4, -0.2) is 15.8 Å². The molecule has 1 heterocycles. The lowest BCUT2D eigenvalue weighted by Crippen LogP contribution is -1.98. The van der Waals surface area contributed by atoms with E-state index in [1.54, 1.807) is 25.2 Å². The number of hydrogen-bond donors (Lipinski definition) is 1. The molecule has 1 aromatic heterocycles. The summed E-state index contributed by atoms with van der Waals surface area (Å²) in [5, 5.41) is 9.05. The number of benzene rings is 1. The van der Waals surface area contributed by atoms with Gasteiger partial charge in [-0.2, -0.15) is 0 Å². The second-order valence-electron chi connectivity index (χ2n) is 3.62. The van der Waals surface area contributed by atoms with Crippen molar-refractivity contribution in [3.8, 4) is 0 Å². The van der Waals surface area contributed by atoms with Crippen LogP contribution in [0.2, 0.25) is 0 Å². The van der Waals surface area contributed by atoms with Crippen molar-refractivity contribution in [2.24, 2.45) is 7.05 Å². The fraction of sp³-hybridized carbons (Fsp3) is 0.273. The Kier molecular flexibility index (Phi) is 2.52. The molecule has 0 bridgehead atoms. The summed E-state index contributed by atoms with van der Waals surface area (Å²) in [4.78, 5) is 21.8. The highest BCUT2D eigenvalue weighted by atomic mass is 16.5. The van der Waals surface area contributed by atoms with Gasteiger partial charge in [0, 0.05) is 13.5 Å². The van der Waals surface area contributed by atoms with Crippen molar-refractivity contribution in [2.75, 3.05) is 0 Å². The molecule has 0 saturated carbocycles. The van der Waals surface area contributed by atoms with Gasteiger partial charge in [0.1, 0.15) is 0 Å². The first-order chi connectivity index (χ1) is 7.58. The van der Waals surface area contributed by atoms with E-state index < -0.39 is 11.6 Å². The molecule has 0 unspecified atom stereocenters. The highest BCUT2D eigenvalue weighted by molar-refractivity contribution is 5.78. The molecule has 0 aliphatic heterocycles. The van der Waals surface area contributed by atoms with E-state index in [-0.39, 0.29) is 6.42 Å². The van der Waals surface area contributed by atoms with Crippen LogP contribution in [0.1, 0.15) is 12.0 Å². The third kappa shape index (κ3) is 1.84. The van der Waals surface area contributed by atoms with Crippen LogP contribution in [0.3, 0.4) is 0 Å². The van der Waals surface area contributed by atoms with Crippen LogP contribution in [0.15, 0.2) is 27.5 Å². The SMILES string of the molecule is Cn1oc(=O)c2cc(CCC(=O)O)ccc21. The van der Waals surface area contributed by atoms with E-state index in [1.807, 2.05) is 0 Å². The molecule has 0 atom stereocenters. The Labute approximate surface area is 90.9 Å². The summed E-state index contributed by atoms with van der Waals surface area (Å²) in [6, 6.07) is 5.25. The van der Waals surface area contributed by atoms with Gasteiger partial charge in [-0.15, -0.1) is 0 Å². The fourth-order valence-corrected chi connectivity index (χ4v) is 1.65. The highest BCUT2D eigenvalue weighted by Crippen LogP contribution is 2.13. The minimum atomic E-state index is -0.847. The van der Waals surface area contributed by atoms with E-state index in [0.29, 0.717) is 17.3 Å². The second kappa shape index (κ2) is 3.84. The van der Waals surface area contributed by atoms with Gasteiger partial charge in [0.25, 0.3) is 0 Å². The van der Waals surface area contributed by atoms with Crippen LogP contribution in [0.25, 0.3) is 10.9 Å². The van der Waals surface area contributed by atoms with Gasteiger partial charge in [0.05, 0.1) is 10.9 Å². The van der Waals surface area contributed by atoms with Crippen LogP contribution in [0, 0.1) is 0 Å². The Morgan fingerprint density at radius 2 is 2.25 bits per heavy atom. The number of carboxylic acid groups (broad SMARTS) is 1. The van der Waals surface area contributed by atoms with E-state index in [4.69, 9.17) is 9.63 Å². The Morgan fingerprint density at radius 1 is 1.50 bits per heavy atom. The summed E-state index contributed by atoms with van der Waals surface area (Å²) in [7, 11) is 1.65. The minimum Gasteiger partial charge on any atom is -0.481 e. The van der Waals surface area contributed by atoms with Crippen LogP contribution in [0.5, 0.6) is 0 Å². The van der Waals surface area contributed by atoms with E-state index in [9.17, 15) is 9.59 Å². The maximum atomic E-state index is 11.4. The van der Waals surface area contributed by atoms with Gasteiger partial charge in [-0.25, -0.2) is 9.53 Å². The standard InChI is InChI=1S/C11H11NO4/c1-12-9-4-2-7(3-5-10(13)14)6-8(9)11(15)16-12/h2,4,6H,3,5H2,1H3,(H,13,14). The maximum absolute atomic E-state index is 11.4. The van der Waals surface area contributed by atoms with Crippen molar-refractivity contribution >= 4 is 16.9 Å². The molecule has 1 N–H and O–H groups in total. The van der Waals surface area contributed by atoms with Crippen LogP contribution in [0.4, 0.5) is 0 Å². The molecule has 0 saturated heterocycles. The third-order valence-corrected chi connectivity index (χ3v) is 2.47. The first-order valence-electron chi connectivity index (χ1n) is 4.88. The topological polar surface area (TPSA) is 72.4 Å². The molecule has 0 aliphatic carbocycles. The zero-order valence-corrected chi connectivity index (χ0v) is 8.77. The lowest BCUT2D eigenvalue weighted by Gasteiger charge is -1.98. The van der Waals surface area contributed by atoms with E-state index in [2.05, 4.69) is 0 Å². The molecule has 0 spiro atoms. The number of aromatic nitrogens is 1. The average Bonchev–Trinajstić information content (AvgIpc) is 2.52. The highest BCUT2D eigenvalue weighted by Gasteiger charge is 2.07. The molecule has 5 heteroatoms. The minimum absolute atomic E-state index is 0.0592. The number of carboxylic acids is 1. The number of aliphatic carboxylic acids is 1. The number of carbonyl (C=O) groups is 1. The quantitative estimate of drug-likeness (QED) is 0.843. The molecular weight excluding hydrogens is 210 g/mol. The molecular formula is C11H11NO4. The first kappa shape index (κ1) is 10.5. The molecule has 5 nitrogen and oxygen atoms in total. The van der Waals surface area contributed by atoms with Gasteiger partial charge in [-0.05, 0) is 24.1 Å². The fourth-order valence-electron chi connectivity index (χ4n) is 1.65. The van der Waals surface area contributed by atoms with E-state index >= 15 is 0 Å². The lowest BCUT2D eigenvalue weighted by molar-refractivity contribution is -0.136. The van der Waals surface area contributed by atoms with Crippen LogP contribution >= 0.6 is 0 Å². The van der Waals surface area contributed by atoms with Crippen LogP contribution < -0.4 is 5.63 Å². The largest absolute Gasteiger partial charge is 0.481 e. The zero-order chi connectivity index (χ0) is 11.7. The predicted octanol–water partition coefficient (Wildman–Crippen LogP) is 1.15. The number of rotatable bonds is 3. The Balaban J connectivity index is 2.40. The zero-order valence-electron chi connectivity index (χ0n) is 8.77. The molecule has 2 aromatic rings. The van der Waals surface area contributed by atoms with Gasteiger partial charge in [-0.3, -0.25) is 4.79 Å². The van der Waals surface area contributed by atoms with Gasteiger partial charge >= 0.3 is 11.6 Å². The molecule has 0 radical (unpaired) electrons.